The van der Waals surface area contributed by atoms with E-state index < -0.39 is 11.7 Å². The molecule has 0 spiro atoms. The first-order chi connectivity index (χ1) is 14.8. The molecule has 1 N–H and O–H groups in total. The van der Waals surface area contributed by atoms with Gasteiger partial charge >= 0.3 is 6.18 Å². The zero-order valence-electron chi connectivity index (χ0n) is 17.9. The topological polar surface area (TPSA) is 35.6 Å². The van der Waals surface area contributed by atoms with Crippen molar-refractivity contribution < 1.29 is 18.0 Å². The van der Waals surface area contributed by atoms with Crippen LogP contribution in [0.2, 0.25) is 0 Å². The van der Waals surface area contributed by atoms with Crippen LogP contribution in [0.15, 0.2) is 48.5 Å². The van der Waals surface area contributed by atoms with Gasteiger partial charge in [0.25, 0.3) is 0 Å². The second-order valence-corrected chi connectivity index (χ2v) is 7.96. The van der Waals surface area contributed by atoms with Crippen molar-refractivity contribution in [2.45, 2.75) is 25.7 Å². The van der Waals surface area contributed by atoms with Gasteiger partial charge in [0.2, 0.25) is 5.91 Å². The Labute approximate surface area is 181 Å². The van der Waals surface area contributed by atoms with Gasteiger partial charge in [-0.3, -0.25) is 4.79 Å². The van der Waals surface area contributed by atoms with Gasteiger partial charge in [-0.15, -0.1) is 0 Å². The molecule has 0 bridgehead atoms. The lowest BCUT2D eigenvalue weighted by Gasteiger charge is -2.25. The molecule has 31 heavy (non-hydrogen) atoms. The smallest absolute Gasteiger partial charge is 0.334 e. The van der Waals surface area contributed by atoms with Crippen molar-refractivity contribution >= 4 is 12.0 Å². The Hall–Kier alpha value is -2.64. The molecule has 1 aliphatic heterocycles. The summed E-state index contributed by atoms with van der Waals surface area (Å²) < 4.78 is 40.2. The number of benzene rings is 2. The highest BCUT2D eigenvalue weighted by atomic mass is 19.4. The van der Waals surface area contributed by atoms with E-state index in [1.54, 1.807) is 12.1 Å². The highest BCUT2D eigenvalue weighted by molar-refractivity contribution is 5.92. The van der Waals surface area contributed by atoms with Crippen LogP contribution in [0, 0.1) is 0 Å². The molecule has 1 heterocycles. The van der Waals surface area contributed by atoms with E-state index in [-0.39, 0.29) is 18.0 Å². The van der Waals surface area contributed by atoms with Gasteiger partial charge in [0.15, 0.2) is 0 Å². The molecule has 0 saturated heterocycles. The molecule has 0 saturated carbocycles. The minimum Gasteiger partial charge on any atom is -0.334 e. The summed E-state index contributed by atoms with van der Waals surface area (Å²) in [7, 11) is 3.73. The summed E-state index contributed by atoms with van der Waals surface area (Å²) >= 11 is 0. The monoisotopic (exact) mass is 431 g/mol. The molecule has 3 rings (SSSR count). The number of carbonyl (C=O) groups is 1. The molecular weight excluding hydrogens is 403 g/mol. The SMILES string of the molecule is CN(C)CCN(Cc1ccccc1C(F)(F)F)C(=O)/C=C/c1cccc2c1CNCC2. The fourth-order valence-electron chi connectivity index (χ4n) is 3.69. The normalized spacial score (nSPS) is 14.1. The predicted octanol–water partition coefficient (Wildman–Crippen LogP) is 3.95. The van der Waals surface area contributed by atoms with Crippen LogP contribution in [0.4, 0.5) is 13.2 Å². The number of nitrogens with zero attached hydrogens (tertiary/aromatic N) is 2. The summed E-state index contributed by atoms with van der Waals surface area (Å²) in [5.74, 6) is -0.305. The number of fused-ring (bicyclic) bond motifs is 1. The first-order valence-electron chi connectivity index (χ1n) is 10.3. The first-order valence-corrected chi connectivity index (χ1v) is 10.3. The number of hydrogen-bond acceptors (Lipinski definition) is 3. The van der Waals surface area contributed by atoms with Gasteiger partial charge in [-0.1, -0.05) is 36.4 Å². The van der Waals surface area contributed by atoms with E-state index in [0.717, 1.165) is 31.1 Å². The molecule has 0 radical (unpaired) electrons. The fraction of sp³-hybridized carbons (Fsp3) is 0.375. The van der Waals surface area contributed by atoms with Crippen LogP contribution >= 0.6 is 0 Å². The van der Waals surface area contributed by atoms with Gasteiger partial charge in [0.1, 0.15) is 0 Å². The summed E-state index contributed by atoms with van der Waals surface area (Å²) in [5.41, 5.74) is 2.78. The van der Waals surface area contributed by atoms with Crippen molar-refractivity contribution in [1.29, 1.82) is 0 Å². The summed E-state index contributed by atoms with van der Waals surface area (Å²) in [6.45, 7) is 2.46. The lowest BCUT2D eigenvalue weighted by atomic mass is 9.96. The molecule has 2 aromatic carbocycles. The number of likely N-dealkylation sites (N-methyl/N-ethyl adjacent to an activating group) is 1. The van der Waals surface area contributed by atoms with Gasteiger partial charge in [0.05, 0.1) is 5.56 Å². The van der Waals surface area contributed by atoms with E-state index in [1.165, 1.54) is 34.2 Å². The molecule has 0 aliphatic carbocycles. The lowest BCUT2D eigenvalue weighted by molar-refractivity contribution is -0.139. The van der Waals surface area contributed by atoms with Crippen molar-refractivity contribution in [1.82, 2.24) is 15.1 Å². The van der Waals surface area contributed by atoms with Crippen LogP contribution < -0.4 is 5.32 Å². The molecule has 0 fully saturated rings. The number of alkyl halides is 3. The average molecular weight is 432 g/mol. The van der Waals surface area contributed by atoms with Crippen molar-refractivity contribution in [3.8, 4) is 0 Å². The van der Waals surface area contributed by atoms with Crippen LogP contribution in [0.5, 0.6) is 0 Å². The molecule has 1 amide bonds. The second kappa shape index (κ2) is 10.1. The third kappa shape index (κ3) is 6.18. The standard InChI is InChI=1S/C24H28F3N3O/c1-29(2)14-15-30(17-20-6-3-4-9-22(20)24(25,26)27)23(31)11-10-18-7-5-8-19-12-13-28-16-21(18)19/h3-11,28H,12-17H2,1-2H3/b11-10+. The number of halogens is 3. The van der Waals surface area contributed by atoms with E-state index >= 15 is 0 Å². The maximum Gasteiger partial charge on any atom is 0.416 e. The van der Waals surface area contributed by atoms with E-state index in [2.05, 4.69) is 11.4 Å². The second-order valence-electron chi connectivity index (χ2n) is 7.96. The Balaban J connectivity index is 1.83. The van der Waals surface area contributed by atoms with Gasteiger partial charge in [-0.25, -0.2) is 0 Å². The average Bonchev–Trinajstić information content (AvgIpc) is 2.74. The maximum absolute atomic E-state index is 13.4. The number of nitrogens with one attached hydrogen (secondary N) is 1. The molecule has 166 valence electrons. The lowest BCUT2D eigenvalue weighted by Crippen LogP contribution is -2.35. The zero-order chi connectivity index (χ0) is 22.4. The van der Waals surface area contributed by atoms with Crippen LogP contribution in [0.1, 0.15) is 27.8 Å². The van der Waals surface area contributed by atoms with E-state index in [4.69, 9.17) is 0 Å². The molecule has 0 atom stereocenters. The highest BCUT2D eigenvalue weighted by Crippen LogP contribution is 2.32. The van der Waals surface area contributed by atoms with Gasteiger partial charge in [-0.05, 0) is 61.5 Å². The third-order valence-corrected chi connectivity index (χ3v) is 5.40. The van der Waals surface area contributed by atoms with Crippen LogP contribution in [0.3, 0.4) is 0 Å². The summed E-state index contributed by atoms with van der Waals surface area (Å²) in [4.78, 5) is 16.4. The molecule has 0 aromatic heterocycles. The van der Waals surface area contributed by atoms with E-state index in [1.807, 2.05) is 31.1 Å². The van der Waals surface area contributed by atoms with Crippen LogP contribution in [-0.4, -0.2) is 49.4 Å². The van der Waals surface area contributed by atoms with E-state index in [9.17, 15) is 18.0 Å². The summed E-state index contributed by atoms with van der Waals surface area (Å²) in [6.07, 6.45) is -0.282. The number of amides is 1. The molecule has 7 heteroatoms. The van der Waals surface area contributed by atoms with Gasteiger partial charge in [-0.2, -0.15) is 13.2 Å². The Bertz CT molecular complexity index is 938. The van der Waals surface area contributed by atoms with Crippen LogP contribution in [-0.2, 0) is 30.5 Å². The fourth-order valence-corrected chi connectivity index (χ4v) is 3.69. The number of carbonyl (C=O) groups excluding carboxylic acids is 1. The minimum absolute atomic E-state index is 0.0943. The largest absolute Gasteiger partial charge is 0.416 e. The van der Waals surface area contributed by atoms with Gasteiger partial charge in [0, 0.05) is 32.3 Å². The Morgan fingerprint density at radius 2 is 1.87 bits per heavy atom. The van der Waals surface area contributed by atoms with Crippen molar-refractivity contribution in [2.75, 3.05) is 33.7 Å². The minimum atomic E-state index is -4.46. The summed E-state index contributed by atoms with van der Waals surface area (Å²) in [5, 5.41) is 3.34. The number of hydrogen-bond donors (Lipinski definition) is 1. The van der Waals surface area contributed by atoms with Crippen molar-refractivity contribution in [2.24, 2.45) is 0 Å². The molecular formula is C24H28F3N3O. The number of rotatable bonds is 7. The van der Waals surface area contributed by atoms with Crippen molar-refractivity contribution in [3.63, 3.8) is 0 Å². The Kier molecular flexibility index (Phi) is 7.51. The van der Waals surface area contributed by atoms with Crippen molar-refractivity contribution in [3.05, 3.63) is 76.4 Å². The Morgan fingerprint density at radius 1 is 1.10 bits per heavy atom. The van der Waals surface area contributed by atoms with Crippen LogP contribution in [0.25, 0.3) is 6.08 Å². The summed E-state index contributed by atoms with van der Waals surface area (Å²) in [6, 6.07) is 11.4. The molecule has 0 unspecified atom stereocenters. The van der Waals surface area contributed by atoms with Gasteiger partial charge < -0.3 is 15.1 Å². The first kappa shape index (κ1) is 23.0. The molecule has 2 aromatic rings. The highest BCUT2D eigenvalue weighted by Gasteiger charge is 2.33. The zero-order valence-corrected chi connectivity index (χ0v) is 17.9. The molecule has 1 aliphatic rings. The molecule has 4 nitrogen and oxygen atoms in total. The Morgan fingerprint density at radius 3 is 2.61 bits per heavy atom. The maximum atomic E-state index is 13.4. The third-order valence-electron chi connectivity index (χ3n) is 5.40. The predicted molar refractivity (Wildman–Crippen MR) is 116 cm³/mol. The van der Waals surface area contributed by atoms with E-state index in [0.29, 0.717) is 13.1 Å². The quantitative estimate of drug-likeness (QED) is 0.675.